The van der Waals surface area contributed by atoms with E-state index in [0.29, 0.717) is 19.6 Å². The van der Waals surface area contributed by atoms with E-state index in [1.165, 1.54) is 0 Å². The van der Waals surface area contributed by atoms with Crippen LogP contribution in [0.5, 0.6) is 0 Å². The summed E-state index contributed by atoms with van der Waals surface area (Å²) < 4.78 is 0. The van der Waals surface area contributed by atoms with Gasteiger partial charge in [-0.25, -0.2) is 0 Å². The van der Waals surface area contributed by atoms with E-state index in [4.69, 9.17) is 5.73 Å². The number of likely N-dealkylation sites (N-methyl/N-ethyl adjacent to an activating group) is 1. The van der Waals surface area contributed by atoms with Crippen LogP contribution in [0.15, 0.2) is 0 Å². The van der Waals surface area contributed by atoms with Crippen LogP contribution in [-0.4, -0.2) is 68.1 Å². The van der Waals surface area contributed by atoms with Crippen molar-refractivity contribution >= 4 is 5.91 Å². The zero-order valence-electron chi connectivity index (χ0n) is 12.2. The fourth-order valence-corrected chi connectivity index (χ4v) is 1.88. The van der Waals surface area contributed by atoms with Crippen molar-refractivity contribution in [2.75, 3.05) is 52.4 Å². The molecule has 0 aliphatic carbocycles. The second kappa shape index (κ2) is 11.4. The Bertz CT molecular complexity index is 207. The summed E-state index contributed by atoms with van der Waals surface area (Å²) in [7, 11) is 0. The van der Waals surface area contributed by atoms with Crippen molar-refractivity contribution in [3.8, 4) is 0 Å². The van der Waals surface area contributed by atoms with Gasteiger partial charge in [-0.3, -0.25) is 9.69 Å². The highest BCUT2D eigenvalue weighted by Crippen LogP contribution is 1.95. The second-order valence-electron chi connectivity index (χ2n) is 4.39. The summed E-state index contributed by atoms with van der Waals surface area (Å²) in [5.74, 6) is 0.0742. The number of carbonyl (C=O) groups is 1. The Labute approximate surface area is 112 Å². The van der Waals surface area contributed by atoms with Gasteiger partial charge in [0.1, 0.15) is 0 Å². The topological polar surface area (TPSA) is 61.6 Å². The van der Waals surface area contributed by atoms with Crippen molar-refractivity contribution in [3.63, 3.8) is 0 Å². The quantitative estimate of drug-likeness (QED) is 0.552. The molecule has 0 radical (unpaired) electrons. The van der Waals surface area contributed by atoms with Crippen molar-refractivity contribution in [1.82, 2.24) is 15.1 Å². The highest BCUT2D eigenvalue weighted by molar-refractivity contribution is 5.77. The SMILES string of the molecule is CCN(CC)CCCN(CC)CC(=O)NCCN. The zero-order valence-corrected chi connectivity index (χ0v) is 12.2. The standard InChI is InChI=1S/C13H30N4O/c1-4-16(5-2)10-7-11-17(6-3)12-13(18)15-9-8-14/h4-12,14H2,1-3H3,(H,15,18). The number of nitrogens with one attached hydrogen (secondary N) is 1. The lowest BCUT2D eigenvalue weighted by Gasteiger charge is -2.22. The van der Waals surface area contributed by atoms with E-state index >= 15 is 0 Å². The van der Waals surface area contributed by atoms with E-state index in [1.807, 2.05) is 0 Å². The molecule has 0 unspecified atom stereocenters. The van der Waals surface area contributed by atoms with Crippen LogP contribution in [0.1, 0.15) is 27.2 Å². The summed E-state index contributed by atoms with van der Waals surface area (Å²) >= 11 is 0. The number of rotatable bonds is 11. The van der Waals surface area contributed by atoms with Crippen LogP contribution in [0.25, 0.3) is 0 Å². The van der Waals surface area contributed by atoms with Crippen LogP contribution in [0.3, 0.4) is 0 Å². The van der Waals surface area contributed by atoms with Gasteiger partial charge in [0, 0.05) is 13.1 Å². The molecule has 0 atom stereocenters. The molecular formula is C13H30N4O. The fourth-order valence-electron chi connectivity index (χ4n) is 1.88. The molecule has 0 spiro atoms. The first-order valence-corrected chi connectivity index (χ1v) is 7.09. The lowest BCUT2D eigenvalue weighted by Crippen LogP contribution is -2.40. The van der Waals surface area contributed by atoms with E-state index in [9.17, 15) is 4.79 Å². The Morgan fingerprint density at radius 1 is 1.06 bits per heavy atom. The first-order chi connectivity index (χ1) is 8.67. The largest absolute Gasteiger partial charge is 0.354 e. The van der Waals surface area contributed by atoms with Gasteiger partial charge in [0.05, 0.1) is 6.54 Å². The first-order valence-electron chi connectivity index (χ1n) is 7.09. The van der Waals surface area contributed by atoms with E-state index in [-0.39, 0.29) is 5.91 Å². The molecule has 18 heavy (non-hydrogen) atoms. The summed E-state index contributed by atoms with van der Waals surface area (Å²) in [6, 6.07) is 0. The van der Waals surface area contributed by atoms with Gasteiger partial charge < -0.3 is 16.0 Å². The maximum atomic E-state index is 11.6. The van der Waals surface area contributed by atoms with Crippen molar-refractivity contribution in [2.45, 2.75) is 27.2 Å². The highest BCUT2D eigenvalue weighted by atomic mass is 16.2. The van der Waals surface area contributed by atoms with Crippen molar-refractivity contribution < 1.29 is 4.79 Å². The van der Waals surface area contributed by atoms with Crippen LogP contribution in [0.4, 0.5) is 0 Å². The molecule has 108 valence electrons. The van der Waals surface area contributed by atoms with Gasteiger partial charge in [-0.05, 0) is 39.1 Å². The van der Waals surface area contributed by atoms with Crippen LogP contribution in [-0.2, 0) is 4.79 Å². The van der Waals surface area contributed by atoms with Gasteiger partial charge in [0.2, 0.25) is 5.91 Å². The van der Waals surface area contributed by atoms with Gasteiger partial charge in [-0.15, -0.1) is 0 Å². The molecule has 5 nitrogen and oxygen atoms in total. The average Bonchev–Trinajstić information content (AvgIpc) is 2.39. The third kappa shape index (κ3) is 8.44. The molecule has 0 aliphatic heterocycles. The van der Waals surface area contributed by atoms with E-state index in [1.54, 1.807) is 0 Å². The minimum absolute atomic E-state index is 0.0742. The summed E-state index contributed by atoms with van der Waals surface area (Å²) in [6.45, 7) is 13.2. The molecule has 0 bridgehead atoms. The summed E-state index contributed by atoms with van der Waals surface area (Å²) in [6.07, 6.45) is 1.11. The number of nitrogens with two attached hydrogens (primary N) is 1. The van der Waals surface area contributed by atoms with Gasteiger partial charge in [-0.1, -0.05) is 20.8 Å². The molecule has 0 aromatic heterocycles. The molecule has 0 aromatic rings. The average molecular weight is 258 g/mol. The van der Waals surface area contributed by atoms with E-state index in [2.05, 4.69) is 35.9 Å². The zero-order chi connectivity index (χ0) is 13.8. The molecule has 0 rings (SSSR count). The summed E-state index contributed by atoms with van der Waals surface area (Å²) in [5.41, 5.74) is 5.35. The molecule has 0 saturated heterocycles. The van der Waals surface area contributed by atoms with Crippen LogP contribution < -0.4 is 11.1 Å². The molecule has 0 heterocycles. The Balaban J connectivity index is 3.79. The van der Waals surface area contributed by atoms with Crippen LogP contribution >= 0.6 is 0 Å². The smallest absolute Gasteiger partial charge is 0.234 e. The number of hydrogen-bond donors (Lipinski definition) is 2. The Morgan fingerprint density at radius 2 is 1.61 bits per heavy atom. The molecule has 1 amide bonds. The number of nitrogens with zero attached hydrogens (tertiary/aromatic N) is 2. The van der Waals surface area contributed by atoms with E-state index < -0.39 is 0 Å². The van der Waals surface area contributed by atoms with Gasteiger partial charge in [-0.2, -0.15) is 0 Å². The molecule has 0 aromatic carbocycles. The number of amides is 1. The molecule has 3 N–H and O–H groups in total. The third-order valence-corrected chi connectivity index (χ3v) is 3.12. The van der Waals surface area contributed by atoms with E-state index in [0.717, 1.165) is 39.1 Å². The van der Waals surface area contributed by atoms with Gasteiger partial charge in [0.15, 0.2) is 0 Å². The maximum Gasteiger partial charge on any atom is 0.234 e. The molecule has 5 heteroatoms. The fraction of sp³-hybridized carbons (Fsp3) is 0.923. The van der Waals surface area contributed by atoms with Gasteiger partial charge in [0.25, 0.3) is 0 Å². The minimum atomic E-state index is 0.0742. The predicted molar refractivity (Wildman–Crippen MR) is 76.6 cm³/mol. The van der Waals surface area contributed by atoms with Crippen LogP contribution in [0.2, 0.25) is 0 Å². The first kappa shape index (κ1) is 17.4. The monoisotopic (exact) mass is 258 g/mol. The van der Waals surface area contributed by atoms with Gasteiger partial charge >= 0.3 is 0 Å². The lowest BCUT2D eigenvalue weighted by atomic mass is 10.3. The molecular weight excluding hydrogens is 228 g/mol. The molecule has 0 aliphatic rings. The molecule has 0 saturated carbocycles. The predicted octanol–water partition coefficient (Wildman–Crippen LogP) is 0.115. The third-order valence-electron chi connectivity index (χ3n) is 3.12. The van der Waals surface area contributed by atoms with Crippen molar-refractivity contribution in [2.24, 2.45) is 5.73 Å². The summed E-state index contributed by atoms with van der Waals surface area (Å²) in [4.78, 5) is 16.1. The summed E-state index contributed by atoms with van der Waals surface area (Å²) in [5, 5.41) is 2.80. The normalized spacial score (nSPS) is 11.2. The minimum Gasteiger partial charge on any atom is -0.354 e. The van der Waals surface area contributed by atoms with Crippen molar-refractivity contribution in [1.29, 1.82) is 0 Å². The molecule has 0 fully saturated rings. The number of hydrogen-bond acceptors (Lipinski definition) is 4. The Kier molecular flexibility index (Phi) is 11.0. The highest BCUT2D eigenvalue weighted by Gasteiger charge is 2.08. The second-order valence-corrected chi connectivity index (χ2v) is 4.39. The van der Waals surface area contributed by atoms with Crippen molar-refractivity contribution in [3.05, 3.63) is 0 Å². The maximum absolute atomic E-state index is 11.6. The van der Waals surface area contributed by atoms with Crippen LogP contribution in [0, 0.1) is 0 Å². The lowest BCUT2D eigenvalue weighted by molar-refractivity contribution is -0.122. The Hall–Kier alpha value is -0.650. The Morgan fingerprint density at radius 3 is 2.11 bits per heavy atom. The number of carbonyl (C=O) groups excluding carboxylic acids is 1.